The molecule has 7 nitrogen and oxygen atoms in total. The number of amides is 1. The molecule has 0 spiro atoms. The van der Waals surface area contributed by atoms with Gasteiger partial charge < -0.3 is 14.8 Å². The Morgan fingerprint density at radius 2 is 1.73 bits per heavy atom. The first kappa shape index (κ1) is 16.7. The smallest absolute Gasteiger partial charge is 0.262 e. The minimum absolute atomic E-state index is 0.0409. The van der Waals surface area contributed by atoms with Gasteiger partial charge in [0.15, 0.2) is 11.5 Å². The summed E-state index contributed by atoms with van der Waals surface area (Å²) in [6.45, 7) is 0.801. The molecular formula is C18H18N2O5S. The molecule has 0 bridgehead atoms. The summed E-state index contributed by atoms with van der Waals surface area (Å²) in [5.41, 5.74) is 0.529. The lowest BCUT2D eigenvalue weighted by atomic mass is 10.1. The number of carbonyl (C=O) groups excluding carboxylic acids is 1. The van der Waals surface area contributed by atoms with Crippen LogP contribution >= 0.6 is 0 Å². The summed E-state index contributed by atoms with van der Waals surface area (Å²) in [6.07, 6.45) is 1.91. The van der Waals surface area contributed by atoms with E-state index < -0.39 is 10.0 Å². The number of fused-ring (bicyclic) bond motifs is 1. The quantitative estimate of drug-likeness (QED) is 0.836. The molecule has 4 rings (SSSR count). The minimum atomic E-state index is -3.88. The molecule has 136 valence electrons. The van der Waals surface area contributed by atoms with E-state index in [0.29, 0.717) is 30.3 Å². The second-order valence-electron chi connectivity index (χ2n) is 6.20. The lowest BCUT2D eigenvalue weighted by Gasteiger charge is -2.19. The van der Waals surface area contributed by atoms with E-state index in [1.165, 1.54) is 12.1 Å². The van der Waals surface area contributed by atoms with Crippen molar-refractivity contribution in [2.24, 2.45) is 0 Å². The summed E-state index contributed by atoms with van der Waals surface area (Å²) in [7, 11) is -3.88. The Labute approximate surface area is 151 Å². The highest BCUT2D eigenvalue weighted by atomic mass is 32.2. The Balaban J connectivity index is 1.61. The molecule has 0 saturated heterocycles. The maximum absolute atomic E-state index is 12.8. The molecule has 8 heteroatoms. The van der Waals surface area contributed by atoms with Crippen LogP contribution in [-0.4, -0.2) is 33.6 Å². The highest BCUT2D eigenvalue weighted by Gasteiger charge is 2.26. The monoisotopic (exact) mass is 374 g/mol. The van der Waals surface area contributed by atoms with Gasteiger partial charge in [0.2, 0.25) is 0 Å². The first-order valence-corrected chi connectivity index (χ1v) is 9.84. The van der Waals surface area contributed by atoms with E-state index in [9.17, 15) is 13.2 Å². The van der Waals surface area contributed by atoms with E-state index in [4.69, 9.17) is 9.47 Å². The van der Waals surface area contributed by atoms with E-state index >= 15 is 0 Å². The van der Waals surface area contributed by atoms with Gasteiger partial charge in [-0.15, -0.1) is 0 Å². The van der Waals surface area contributed by atoms with Crippen molar-refractivity contribution in [3.8, 4) is 11.5 Å². The summed E-state index contributed by atoms with van der Waals surface area (Å²) < 4.78 is 38.9. The van der Waals surface area contributed by atoms with Crippen LogP contribution in [0.4, 0.5) is 5.69 Å². The number of hydrogen-bond donors (Lipinski definition) is 2. The van der Waals surface area contributed by atoms with Gasteiger partial charge in [-0.05, 0) is 37.1 Å². The summed E-state index contributed by atoms with van der Waals surface area (Å²) in [6, 6.07) is 11.2. The second-order valence-corrected chi connectivity index (χ2v) is 7.89. The normalized spacial score (nSPS) is 16.0. The predicted octanol–water partition coefficient (Wildman–Crippen LogP) is 2.15. The number of ether oxygens (including phenoxy) is 2. The molecule has 2 N–H and O–H groups in total. The van der Waals surface area contributed by atoms with Crippen LogP contribution in [0.3, 0.4) is 0 Å². The minimum Gasteiger partial charge on any atom is -0.486 e. The molecule has 2 aromatic carbocycles. The fraction of sp³-hybridized carbons (Fsp3) is 0.278. The van der Waals surface area contributed by atoms with Crippen molar-refractivity contribution in [3.05, 3.63) is 48.0 Å². The summed E-state index contributed by atoms with van der Waals surface area (Å²) in [4.78, 5) is 12.4. The summed E-state index contributed by atoms with van der Waals surface area (Å²) in [5, 5.41) is 2.87. The van der Waals surface area contributed by atoms with E-state index in [0.717, 1.165) is 12.8 Å². The maximum atomic E-state index is 12.8. The van der Waals surface area contributed by atoms with Crippen LogP contribution in [-0.2, 0) is 10.0 Å². The average molecular weight is 374 g/mol. The number of nitrogens with one attached hydrogen (secondary N) is 2. The molecule has 0 atom stereocenters. The van der Waals surface area contributed by atoms with Crippen molar-refractivity contribution in [3.63, 3.8) is 0 Å². The molecule has 0 unspecified atom stereocenters. The third kappa shape index (κ3) is 3.45. The standard InChI is InChI=1S/C18H18N2O5S/c21-18(19-12-5-6-12)14-3-1-2-4-15(14)20-26(22,23)13-7-8-16-17(11-13)25-10-9-24-16/h1-4,7-8,11-12,20H,5-6,9-10H2,(H,19,21). The molecule has 2 aliphatic rings. The number of anilines is 1. The highest BCUT2D eigenvalue weighted by molar-refractivity contribution is 7.92. The fourth-order valence-electron chi connectivity index (χ4n) is 2.66. The van der Waals surface area contributed by atoms with Crippen molar-refractivity contribution in [2.45, 2.75) is 23.8 Å². The molecule has 0 aromatic heterocycles. The largest absolute Gasteiger partial charge is 0.486 e. The van der Waals surface area contributed by atoms with Gasteiger partial charge in [-0.2, -0.15) is 0 Å². The zero-order chi connectivity index (χ0) is 18.1. The van der Waals surface area contributed by atoms with Crippen LogP contribution in [0.15, 0.2) is 47.4 Å². The Hall–Kier alpha value is -2.74. The van der Waals surface area contributed by atoms with E-state index in [1.54, 1.807) is 30.3 Å². The fourth-order valence-corrected chi connectivity index (χ4v) is 3.75. The SMILES string of the molecule is O=C(NC1CC1)c1ccccc1NS(=O)(=O)c1ccc2c(c1)OCCO2. The molecular weight excluding hydrogens is 356 g/mol. The van der Waals surface area contributed by atoms with Gasteiger partial charge in [0.1, 0.15) is 13.2 Å². The van der Waals surface area contributed by atoms with Crippen LogP contribution in [0.5, 0.6) is 11.5 Å². The zero-order valence-corrected chi connectivity index (χ0v) is 14.7. The van der Waals surface area contributed by atoms with Crippen LogP contribution in [0.1, 0.15) is 23.2 Å². The topological polar surface area (TPSA) is 93.7 Å². The molecule has 1 aliphatic heterocycles. The van der Waals surface area contributed by atoms with Crippen LogP contribution in [0.25, 0.3) is 0 Å². The van der Waals surface area contributed by atoms with Crippen LogP contribution in [0.2, 0.25) is 0 Å². The molecule has 1 aliphatic carbocycles. The average Bonchev–Trinajstić information content (AvgIpc) is 3.45. The van der Waals surface area contributed by atoms with Gasteiger partial charge in [-0.25, -0.2) is 8.42 Å². The van der Waals surface area contributed by atoms with E-state index in [1.807, 2.05) is 0 Å². The summed E-state index contributed by atoms with van der Waals surface area (Å²) in [5.74, 6) is 0.617. The lowest BCUT2D eigenvalue weighted by molar-refractivity contribution is 0.0952. The number of benzene rings is 2. The van der Waals surface area contributed by atoms with Crippen molar-refractivity contribution in [1.82, 2.24) is 5.32 Å². The highest BCUT2D eigenvalue weighted by Crippen LogP contribution is 2.33. The van der Waals surface area contributed by atoms with Gasteiger partial charge in [0.05, 0.1) is 16.1 Å². The molecule has 1 amide bonds. The molecule has 1 saturated carbocycles. The first-order chi connectivity index (χ1) is 12.5. The van der Waals surface area contributed by atoms with Crippen molar-refractivity contribution >= 4 is 21.6 Å². The second kappa shape index (κ2) is 6.53. The number of carbonyl (C=O) groups is 1. The van der Waals surface area contributed by atoms with E-state index in [-0.39, 0.29) is 22.5 Å². The Morgan fingerprint density at radius 3 is 2.50 bits per heavy atom. The number of sulfonamides is 1. The van der Waals surface area contributed by atoms with Crippen LogP contribution in [0, 0.1) is 0 Å². The maximum Gasteiger partial charge on any atom is 0.262 e. The molecule has 26 heavy (non-hydrogen) atoms. The van der Waals surface area contributed by atoms with Gasteiger partial charge >= 0.3 is 0 Å². The van der Waals surface area contributed by atoms with E-state index in [2.05, 4.69) is 10.0 Å². The zero-order valence-electron chi connectivity index (χ0n) is 13.9. The predicted molar refractivity (Wildman–Crippen MR) is 95.2 cm³/mol. The number of rotatable bonds is 5. The summed E-state index contributed by atoms with van der Waals surface area (Å²) >= 11 is 0. The van der Waals surface area contributed by atoms with Gasteiger partial charge in [-0.1, -0.05) is 12.1 Å². The van der Waals surface area contributed by atoms with Crippen molar-refractivity contribution in [2.75, 3.05) is 17.9 Å². The van der Waals surface area contributed by atoms with Crippen molar-refractivity contribution in [1.29, 1.82) is 0 Å². The lowest BCUT2D eigenvalue weighted by Crippen LogP contribution is -2.27. The van der Waals surface area contributed by atoms with Gasteiger partial charge in [0, 0.05) is 12.1 Å². The molecule has 0 radical (unpaired) electrons. The Bertz CT molecular complexity index is 954. The molecule has 2 aromatic rings. The Kier molecular flexibility index (Phi) is 4.20. The first-order valence-electron chi connectivity index (χ1n) is 8.35. The molecule has 1 heterocycles. The number of hydrogen-bond acceptors (Lipinski definition) is 5. The third-order valence-electron chi connectivity index (χ3n) is 4.15. The van der Waals surface area contributed by atoms with Gasteiger partial charge in [-0.3, -0.25) is 9.52 Å². The number of para-hydroxylation sites is 1. The van der Waals surface area contributed by atoms with Gasteiger partial charge in [0.25, 0.3) is 15.9 Å². The van der Waals surface area contributed by atoms with Crippen LogP contribution < -0.4 is 19.5 Å². The Morgan fingerprint density at radius 1 is 1.00 bits per heavy atom. The van der Waals surface area contributed by atoms with Crippen molar-refractivity contribution < 1.29 is 22.7 Å². The third-order valence-corrected chi connectivity index (χ3v) is 5.52. The molecule has 1 fully saturated rings.